The monoisotopic (exact) mass is 359 g/mol. The molecule has 0 aliphatic heterocycles. The van der Waals surface area contributed by atoms with Crippen molar-refractivity contribution in [3.8, 4) is 11.5 Å². The third-order valence-electron chi connectivity index (χ3n) is 3.27. The maximum absolute atomic E-state index is 12.0. The van der Waals surface area contributed by atoms with Crippen LogP contribution >= 0.6 is 0 Å². The summed E-state index contributed by atoms with van der Waals surface area (Å²) >= 11 is 0. The third-order valence-corrected chi connectivity index (χ3v) is 3.27. The van der Waals surface area contributed by atoms with Crippen molar-refractivity contribution in [1.29, 1.82) is 0 Å². The minimum Gasteiger partial charge on any atom is -0.494 e. The number of ether oxygens (including phenoxy) is 2. The molecular formula is C17H17N3O6. The molecule has 2 aromatic rings. The number of benzene rings is 2. The van der Waals surface area contributed by atoms with Crippen LogP contribution in [0.1, 0.15) is 6.92 Å². The molecule has 0 aromatic heterocycles. The molecule has 2 amide bonds. The maximum atomic E-state index is 12.0. The molecule has 2 rings (SSSR count). The van der Waals surface area contributed by atoms with Gasteiger partial charge in [-0.15, -0.1) is 0 Å². The Labute approximate surface area is 149 Å². The van der Waals surface area contributed by atoms with Gasteiger partial charge in [0.05, 0.1) is 30.4 Å². The van der Waals surface area contributed by atoms with E-state index in [0.29, 0.717) is 18.0 Å². The van der Waals surface area contributed by atoms with Gasteiger partial charge in [0.2, 0.25) is 0 Å². The first-order valence-electron chi connectivity index (χ1n) is 7.62. The van der Waals surface area contributed by atoms with Crippen molar-refractivity contribution in [3.63, 3.8) is 0 Å². The maximum Gasteiger partial charge on any atom is 0.314 e. The van der Waals surface area contributed by atoms with Gasteiger partial charge in [-0.25, -0.2) is 0 Å². The molecule has 0 heterocycles. The number of nitrogens with zero attached hydrogens (tertiary/aromatic N) is 1. The van der Waals surface area contributed by atoms with Crippen molar-refractivity contribution in [2.45, 2.75) is 6.92 Å². The van der Waals surface area contributed by atoms with Gasteiger partial charge in [0.15, 0.2) is 0 Å². The summed E-state index contributed by atoms with van der Waals surface area (Å²) in [6, 6.07) is 10.2. The number of methoxy groups -OCH3 is 1. The first kappa shape index (κ1) is 18.7. The first-order chi connectivity index (χ1) is 12.4. The molecule has 0 spiro atoms. The molecule has 0 bridgehead atoms. The lowest BCUT2D eigenvalue weighted by Gasteiger charge is -2.10. The van der Waals surface area contributed by atoms with E-state index in [9.17, 15) is 19.7 Å². The quantitative estimate of drug-likeness (QED) is 0.465. The lowest BCUT2D eigenvalue weighted by molar-refractivity contribution is -0.384. The Morgan fingerprint density at radius 1 is 1.08 bits per heavy atom. The zero-order valence-corrected chi connectivity index (χ0v) is 14.1. The molecule has 0 unspecified atom stereocenters. The van der Waals surface area contributed by atoms with Crippen molar-refractivity contribution >= 4 is 28.9 Å². The highest BCUT2D eigenvalue weighted by Crippen LogP contribution is 2.29. The first-order valence-corrected chi connectivity index (χ1v) is 7.62. The Morgan fingerprint density at radius 3 is 2.31 bits per heavy atom. The number of nitro groups is 1. The molecule has 136 valence electrons. The van der Waals surface area contributed by atoms with Crippen molar-refractivity contribution in [3.05, 3.63) is 52.6 Å². The van der Waals surface area contributed by atoms with Crippen molar-refractivity contribution in [2.24, 2.45) is 0 Å². The van der Waals surface area contributed by atoms with E-state index in [1.54, 1.807) is 24.3 Å². The van der Waals surface area contributed by atoms with Crippen LogP contribution in [0.3, 0.4) is 0 Å². The molecule has 9 nitrogen and oxygen atoms in total. The molecule has 0 radical (unpaired) electrons. The van der Waals surface area contributed by atoms with E-state index in [-0.39, 0.29) is 17.1 Å². The highest BCUT2D eigenvalue weighted by Gasteiger charge is 2.18. The number of anilines is 2. The molecule has 0 saturated carbocycles. The normalized spacial score (nSPS) is 9.92. The van der Waals surface area contributed by atoms with E-state index in [1.165, 1.54) is 19.2 Å². The second-order valence-electron chi connectivity index (χ2n) is 5.01. The number of non-ortho nitro benzene ring substituents is 1. The van der Waals surface area contributed by atoms with Crippen molar-refractivity contribution in [2.75, 3.05) is 24.4 Å². The zero-order valence-electron chi connectivity index (χ0n) is 14.1. The van der Waals surface area contributed by atoms with Gasteiger partial charge in [-0.3, -0.25) is 19.7 Å². The molecule has 0 atom stereocenters. The summed E-state index contributed by atoms with van der Waals surface area (Å²) in [5.41, 5.74) is 0.368. The van der Waals surface area contributed by atoms with Crippen molar-refractivity contribution < 1.29 is 24.0 Å². The van der Waals surface area contributed by atoms with E-state index >= 15 is 0 Å². The van der Waals surface area contributed by atoms with Gasteiger partial charge in [0, 0.05) is 11.8 Å². The summed E-state index contributed by atoms with van der Waals surface area (Å²) in [4.78, 5) is 34.2. The molecule has 2 aromatic carbocycles. The highest BCUT2D eigenvalue weighted by molar-refractivity contribution is 6.43. The standard InChI is InChI=1S/C17H17N3O6/c1-3-26-13-7-4-11(5-8-13)18-16(21)17(22)19-14-9-6-12(20(23)24)10-15(14)25-2/h4-10H,3H2,1-2H3,(H,18,21)(H,19,22). The lowest BCUT2D eigenvalue weighted by atomic mass is 10.2. The van der Waals surface area contributed by atoms with Gasteiger partial charge < -0.3 is 20.1 Å². The summed E-state index contributed by atoms with van der Waals surface area (Å²) in [5, 5.41) is 15.6. The summed E-state index contributed by atoms with van der Waals surface area (Å²) in [5.74, 6) is -1.12. The Balaban J connectivity index is 2.04. The Hall–Kier alpha value is -3.62. The molecule has 0 fully saturated rings. The van der Waals surface area contributed by atoms with Gasteiger partial charge in [-0.05, 0) is 37.3 Å². The van der Waals surface area contributed by atoms with Gasteiger partial charge in [0.1, 0.15) is 11.5 Å². The summed E-state index contributed by atoms with van der Waals surface area (Å²) in [6.07, 6.45) is 0. The van der Waals surface area contributed by atoms with E-state index in [2.05, 4.69) is 10.6 Å². The van der Waals surface area contributed by atoms with Gasteiger partial charge in [0.25, 0.3) is 5.69 Å². The van der Waals surface area contributed by atoms with Gasteiger partial charge >= 0.3 is 11.8 Å². The molecule has 0 aliphatic carbocycles. The number of hydrogen-bond acceptors (Lipinski definition) is 6. The van der Waals surface area contributed by atoms with Gasteiger partial charge in [-0.2, -0.15) is 0 Å². The fourth-order valence-corrected chi connectivity index (χ4v) is 2.06. The predicted octanol–water partition coefficient (Wildman–Crippen LogP) is 2.58. The van der Waals surface area contributed by atoms with E-state index in [4.69, 9.17) is 9.47 Å². The second-order valence-corrected chi connectivity index (χ2v) is 5.01. The van der Waals surface area contributed by atoms with Crippen molar-refractivity contribution in [1.82, 2.24) is 0 Å². The predicted molar refractivity (Wildman–Crippen MR) is 94.5 cm³/mol. The number of amides is 2. The highest BCUT2D eigenvalue weighted by atomic mass is 16.6. The Morgan fingerprint density at radius 2 is 1.73 bits per heavy atom. The molecule has 26 heavy (non-hydrogen) atoms. The number of rotatable bonds is 6. The lowest BCUT2D eigenvalue weighted by Crippen LogP contribution is -2.29. The summed E-state index contributed by atoms with van der Waals surface area (Å²) in [6.45, 7) is 2.37. The Kier molecular flexibility index (Phi) is 6.10. The number of nitrogens with one attached hydrogen (secondary N) is 2. The third kappa shape index (κ3) is 4.69. The van der Waals surface area contributed by atoms with E-state index < -0.39 is 16.7 Å². The fraction of sp³-hybridized carbons (Fsp3) is 0.176. The SMILES string of the molecule is CCOc1ccc(NC(=O)C(=O)Nc2ccc([N+](=O)[O-])cc2OC)cc1. The molecule has 9 heteroatoms. The summed E-state index contributed by atoms with van der Waals surface area (Å²) < 4.78 is 10.3. The van der Waals surface area contributed by atoms with Crippen LogP contribution < -0.4 is 20.1 Å². The van der Waals surface area contributed by atoms with Crippen LogP contribution in [-0.4, -0.2) is 30.5 Å². The number of hydrogen-bond donors (Lipinski definition) is 2. The molecule has 2 N–H and O–H groups in total. The van der Waals surface area contributed by atoms with E-state index in [1.807, 2.05) is 6.92 Å². The smallest absolute Gasteiger partial charge is 0.314 e. The van der Waals surface area contributed by atoms with Gasteiger partial charge in [-0.1, -0.05) is 0 Å². The van der Waals surface area contributed by atoms with Crippen LogP contribution in [0.15, 0.2) is 42.5 Å². The topological polar surface area (TPSA) is 120 Å². The Bertz CT molecular complexity index is 820. The van der Waals surface area contributed by atoms with Crippen LogP contribution in [0.2, 0.25) is 0 Å². The average Bonchev–Trinajstić information content (AvgIpc) is 2.63. The van der Waals surface area contributed by atoms with Crippen LogP contribution in [0.4, 0.5) is 17.1 Å². The zero-order chi connectivity index (χ0) is 19.1. The van der Waals surface area contributed by atoms with Crippen LogP contribution in [0.25, 0.3) is 0 Å². The van der Waals surface area contributed by atoms with Crippen LogP contribution in [0, 0.1) is 10.1 Å². The number of nitro benzene ring substituents is 1. The number of carbonyl (C=O) groups excluding carboxylic acids is 2. The minimum absolute atomic E-state index is 0.0708. The minimum atomic E-state index is -0.939. The van der Waals surface area contributed by atoms with Crippen LogP contribution in [0.5, 0.6) is 11.5 Å². The molecular weight excluding hydrogens is 342 g/mol. The molecule has 0 saturated heterocycles. The summed E-state index contributed by atoms with van der Waals surface area (Å²) in [7, 11) is 1.30. The average molecular weight is 359 g/mol. The number of carbonyl (C=O) groups is 2. The van der Waals surface area contributed by atoms with Crippen LogP contribution in [-0.2, 0) is 9.59 Å². The largest absolute Gasteiger partial charge is 0.494 e. The fourth-order valence-electron chi connectivity index (χ4n) is 2.06. The second kappa shape index (κ2) is 8.47. The molecule has 0 aliphatic rings. The van der Waals surface area contributed by atoms with E-state index in [0.717, 1.165) is 6.07 Å².